The molecule has 0 aliphatic heterocycles. The van der Waals surface area contributed by atoms with Gasteiger partial charge in [-0.1, -0.05) is 81.1 Å². The van der Waals surface area contributed by atoms with Gasteiger partial charge in [-0.15, -0.1) is 0 Å². The molecule has 0 aromatic heterocycles. The molecule has 0 bridgehead atoms. The third kappa shape index (κ3) is 6.48. The van der Waals surface area contributed by atoms with Gasteiger partial charge in [-0.05, 0) is 29.1 Å². The molecule has 0 rings (SSSR count). The van der Waals surface area contributed by atoms with Crippen molar-refractivity contribution in [3.63, 3.8) is 0 Å². The van der Waals surface area contributed by atoms with Crippen LogP contribution in [-0.2, 0) is 0 Å². The Hall–Kier alpha value is 0. The number of rotatable bonds is 7. The van der Waals surface area contributed by atoms with E-state index >= 15 is 0 Å². The zero-order chi connectivity index (χ0) is 13.6. The van der Waals surface area contributed by atoms with Gasteiger partial charge in [0.05, 0.1) is 0 Å². The second-order valence-corrected chi connectivity index (χ2v) is 7.44. The van der Waals surface area contributed by atoms with Gasteiger partial charge in [0.15, 0.2) is 0 Å². The first kappa shape index (κ1) is 17.0. The maximum absolute atomic E-state index is 2.45. The van der Waals surface area contributed by atoms with Crippen molar-refractivity contribution < 1.29 is 0 Å². The Morgan fingerprint density at radius 2 is 1.41 bits per heavy atom. The SMILES string of the molecule is CCC(C)CCCC(C)C(C)C(C)C(C)(C)C. The van der Waals surface area contributed by atoms with Crippen LogP contribution in [0.1, 0.15) is 81.1 Å². The van der Waals surface area contributed by atoms with Gasteiger partial charge >= 0.3 is 0 Å². The predicted molar refractivity (Wildman–Crippen MR) is 80.3 cm³/mol. The predicted octanol–water partition coefficient (Wildman–Crippen LogP) is 6.16. The zero-order valence-electron chi connectivity index (χ0n) is 13.6. The summed E-state index contributed by atoms with van der Waals surface area (Å²) in [7, 11) is 0. The van der Waals surface area contributed by atoms with Crippen molar-refractivity contribution in [1.82, 2.24) is 0 Å². The van der Waals surface area contributed by atoms with E-state index in [4.69, 9.17) is 0 Å². The van der Waals surface area contributed by atoms with E-state index in [0.29, 0.717) is 5.41 Å². The first-order valence-electron chi connectivity index (χ1n) is 7.70. The molecule has 0 aliphatic rings. The summed E-state index contributed by atoms with van der Waals surface area (Å²) >= 11 is 0. The molecule has 17 heavy (non-hydrogen) atoms. The highest BCUT2D eigenvalue weighted by Gasteiger charge is 2.28. The quantitative estimate of drug-likeness (QED) is 0.500. The topological polar surface area (TPSA) is 0 Å². The summed E-state index contributed by atoms with van der Waals surface area (Å²) in [6.07, 6.45) is 5.57. The minimum absolute atomic E-state index is 0.449. The van der Waals surface area contributed by atoms with Gasteiger partial charge in [0.2, 0.25) is 0 Å². The van der Waals surface area contributed by atoms with Crippen LogP contribution in [-0.4, -0.2) is 0 Å². The molecule has 0 radical (unpaired) electrons. The molecule has 0 aromatic rings. The summed E-state index contributed by atoms with van der Waals surface area (Å²) in [6, 6.07) is 0. The summed E-state index contributed by atoms with van der Waals surface area (Å²) in [5.41, 5.74) is 0.449. The Morgan fingerprint density at radius 3 is 1.82 bits per heavy atom. The lowest BCUT2D eigenvalue weighted by Gasteiger charge is -2.36. The number of hydrogen-bond donors (Lipinski definition) is 0. The van der Waals surface area contributed by atoms with Crippen molar-refractivity contribution in [3.8, 4) is 0 Å². The molecule has 0 aromatic carbocycles. The van der Waals surface area contributed by atoms with Crippen molar-refractivity contribution in [2.24, 2.45) is 29.1 Å². The van der Waals surface area contributed by atoms with Crippen LogP contribution in [0.15, 0.2) is 0 Å². The zero-order valence-corrected chi connectivity index (χ0v) is 13.6. The summed E-state index contributed by atoms with van der Waals surface area (Å²) in [5, 5.41) is 0. The van der Waals surface area contributed by atoms with Gasteiger partial charge in [-0.3, -0.25) is 0 Å². The molecule has 4 unspecified atom stereocenters. The smallest absolute Gasteiger partial charge is 0.0354 e. The lowest BCUT2D eigenvalue weighted by atomic mass is 9.70. The Kier molecular flexibility index (Phi) is 7.44. The third-order valence-electron chi connectivity index (χ3n) is 5.11. The van der Waals surface area contributed by atoms with Crippen molar-refractivity contribution in [1.29, 1.82) is 0 Å². The van der Waals surface area contributed by atoms with Gasteiger partial charge < -0.3 is 0 Å². The molecule has 0 saturated carbocycles. The minimum atomic E-state index is 0.449. The van der Waals surface area contributed by atoms with Gasteiger partial charge in [-0.2, -0.15) is 0 Å². The standard InChI is InChI=1S/C17H36/c1-9-13(2)11-10-12-14(3)15(4)16(5)17(6,7)8/h13-16H,9-12H2,1-8H3. The van der Waals surface area contributed by atoms with Crippen LogP contribution in [0.2, 0.25) is 0 Å². The normalized spacial score (nSPS) is 19.8. The van der Waals surface area contributed by atoms with E-state index in [2.05, 4.69) is 55.4 Å². The van der Waals surface area contributed by atoms with E-state index in [1.807, 2.05) is 0 Å². The maximum Gasteiger partial charge on any atom is -0.0354 e. The molecule has 0 N–H and O–H groups in total. The highest BCUT2D eigenvalue weighted by molar-refractivity contribution is 4.77. The van der Waals surface area contributed by atoms with Crippen LogP contribution in [0.25, 0.3) is 0 Å². The van der Waals surface area contributed by atoms with Crippen LogP contribution in [0.5, 0.6) is 0 Å². The second kappa shape index (κ2) is 7.44. The fourth-order valence-electron chi connectivity index (χ4n) is 2.54. The second-order valence-electron chi connectivity index (χ2n) is 7.44. The first-order valence-corrected chi connectivity index (χ1v) is 7.70. The Bertz CT molecular complexity index is 187. The van der Waals surface area contributed by atoms with E-state index in [-0.39, 0.29) is 0 Å². The summed E-state index contributed by atoms with van der Waals surface area (Å²) in [4.78, 5) is 0. The summed E-state index contributed by atoms with van der Waals surface area (Å²) < 4.78 is 0. The molecule has 0 aliphatic carbocycles. The fourth-order valence-corrected chi connectivity index (χ4v) is 2.54. The molecule has 0 heterocycles. The first-order chi connectivity index (χ1) is 7.70. The third-order valence-corrected chi connectivity index (χ3v) is 5.11. The molecule has 0 nitrogen and oxygen atoms in total. The molecule has 0 spiro atoms. The van der Waals surface area contributed by atoms with Gasteiger partial charge in [-0.25, -0.2) is 0 Å². The van der Waals surface area contributed by atoms with Crippen molar-refractivity contribution in [3.05, 3.63) is 0 Å². The van der Waals surface area contributed by atoms with Crippen molar-refractivity contribution >= 4 is 0 Å². The van der Waals surface area contributed by atoms with Gasteiger partial charge in [0, 0.05) is 0 Å². The summed E-state index contributed by atoms with van der Waals surface area (Å²) in [5.74, 6) is 3.43. The Morgan fingerprint density at radius 1 is 0.882 bits per heavy atom. The van der Waals surface area contributed by atoms with Crippen LogP contribution in [0.3, 0.4) is 0 Å². The van der Waals surface area contributed by atoms with E-state index in [1.165, 1.54) is 25.7 Å². The molecular formula is C17H36. The average Bonchev–Trinajstić information content (AvgIpc) is 2.25. The highest BCUT2D eigenvalue weighted by Crippen LogP contribution is 2.36. The van der Waals surface area contributed by atoms with Crippen LogP contribution in [0, 0.1) is 29.1 Å². The van der Waals surface area contributed by atoms with E-state index < -0.39 is 0 Å². The monoisotopic (exact) mass is 240 g/mol. The lowest BCUT2D eigenvalue weighted by Crippen LogP contribution is -2.28. The molecule has 0 amide bonds. The van der Waals surface area contributed by atoms with E-state index in [1.54, 1.807) is 0 Å². The maximum atomic E-state index is 2.45. The molecule has 4 atom stereocenters. The molecule has 0 fully saturated rings. The van der Waals surface area contributed by atoms with E-state index in [0.717, 1.165) is 23.7 Å². The number of hydrogen-bond acceptors (Lipinski definition) is 0. The van der Waals surface area contributed by atoms with Crippen LogP contribution >= 0.6 is 0 Å². The van der Waals surface area contributed by atoms with Gasteiger partial charge in [0.1, 0.15) is 0 Å². The highest BCUT2D eigenvalue weighted by atomic mass is 14.3. The Balaban J connectivity index is 4.01. The molecular weight excluding hydrogens is 204 g/mol. The largest absolute Gasteiger partial charge is 0.0651 e. The summed E-state index contributed by atoms with van der Waals surface area (Å²) in [6.45, 7) is 19.1. The average molecular weight is 240 g/mol. The van der Waals surface area contributed by atoms with Crippen molar-refractivity contribution in [2.45, 2.75) is 81.1 Å². The van der Waals surface area contributed by atoms with E-state index in [9.17, 15) is 0 Å². The van der Waals surface area contributed by atoms with Crippen LogP contribution in [0.4, 0.5) is 0 Å². The van der Waals surface area contributed by atoms with Crippen LogP contribution < -0.4 is 0 Å². The Labute approximate surface area is 111 Å². The van der Waals surface area contributed by atoms with Gasteiger partial charge in [0.25, 0.3) is 0 Å². The minimum Gasteiger partial charge on any atom is -0.0651 e. The molecule has 104 valence electrons. The lowest BCUT2D eigenvalue weighted by molar-refractivity contribution is 0.139. The molecule has 0 heteroatoms. The molecule has 0 saturated heterocycles. The van der Waals surface area contributed by atoms with Crippen molar-refractivity contribution in [2.75, 3.05) is 0 Å². The fraction of sp³-hybridized carbons (Fsp3) is 1.00.